The number of carbonyl (C=O) groups excluding carboxylic acids is 1. The largest absolute Gasteiger partial charge is 0.465 e. The Hall–Kier alpha value is -0.390. The first-order valence-corrected chi connectivity index (χ1v) is 6.29. The molecule has 0 heterocycles. The lowest BCUT2D eigenvalue weighted by atomic mass is 10.2. The van der Waals surface area contributed by atoms with Crippen LogP contribution in [-0.2, 0) is 14.7 Å². The summed E-state index contributed by atoms with van der Waals surface area (Å²) in [5.74, 6) is -0.499. The summed E-state index contributed by atoms with van der Waals surface area (Å²) in [6.07, 6.45) is 0. The van der Waals surface area contributed by atoms with Gasteiger partial charge in [0.25, 0.3) is 0 Å². The lowest BCUT2D eigenvalue weighted by molar-refractivity contribution is 0.0599. The highest BCUT2D eigenvalue weighted by atomic mass is 79.9. The molecule has 0 saturated heterocycles. The van der Waals surface area contributed by atoms with Gasteiger partial charge >= 0.3 is 5.97 Å². The highest BCUT2D eigenvalue weighted by Crippen LogP contribution is 2.21. The van der Waals surface area contributed by atoms with Gasteiger partial charge in [0.1, 0.15) is 10.0 Å². The molecule has 0 amide bonds. The molecule has 0 aliphatic heterocycles. The highest BCUT2D eigenvalue weighted by Gasteiger charge is 2.12. The van der Waals surface area contributed by atoms with Gasteiger partial charge in [0.2, 0.25) is 0 Å². The molecular formula is C8H6BrClO3S. The second-order valence-electron chi connectivity index (χ2n) is 2.36. The van der Waals surface area contributed by atoms with Gasteiger partial charge < -0.3 is 4.74 Å². The first-order valence-electron chi connectivity index (χ1n) is 3.52. The van der Waals surface area contributed by atoms with Gasteiger partial charge in [-0.15, -0.1) is 0 Å². The monoisotopic (exact) mass is 296 g/mol. The molecule has 14 heavy (non-hydrogen) atoms. The number of ether oxygens (including phenoxy) is 1. The Bertz CT molecular complexity index is 394. The van der Waals surface area contributed by atoms with E-state index in [1.807, 2.05) is 0 Å². The molecule has 1 atom stereocenters. The average Bonchev–Trinajstić information content (AvgIpc) is 2.17. The fourth-order valence-corrected chi connectivity index (χ4v) is 1.95. The third-order valence-corrected chi connectivity index (χ3v) is 3.38. The molecule has 1 rings (SSSR count). The minimum Gasteiger partial charge on any atom is -0.465 e. The molecule has 0 aliphatic carbocycles. The fraction of sp³-hybridized carbons (Fsp3) is 0.125. The summed E-state index contributed by atoms with van der Waals surface area (Å²) in [6, 6.07) is 4.60. The van der Waals surface area contributed by atoms with Gasteiger partial charge in [-0.25, -0.2) is 9.00 Å². The first-order chi connectivity index (χ1) is 6.56. The third-order valence-electron chi connectivity index (χ3n) is 1.53. The van der Waals surface area contributed by atoms with Crippen molar-refractivity contribution in [1.82, 2.24) is 0 Å². The Morgan fingerprint density at radius 1 is 1.57 bits per heavy atom. The Morgan fingerprint density at radius 2 is 2.21 bits per heavy atom. The molecule has 1 aromatic rings. The number of benzene rings is 1. The smallest absolute Gasteiger partial charge is 0.339 e. The fourth-order valence-electron chi connectivity index (χ4n) is 0.871. The molecule has 6 heteroatoms. The number of halogens is 2. The zero-order chi connectivity index (χ0) is 10.7. The van der Waals surface area contributed by atoms with Crippen molar-refractivity contribution >= 4 is 42.6 Å². The van der Waals surface area contributed by atoms with E-state index in [-0.39, 0.29) is 0 Å². The van der Waals surface area contributed by atoms with Crippen LogP contribution in [0.2, 0.25) is 0 Å². The van der Waals surface area contributed by atoms with Crippen molar-refractivity contribution in [2.75, 3.05) is 7.11 Å². The maximum Gasteiger partial charge on any atom is 0.339 e. The SMILES string of the molecule is COC(=O)c1cc(S(=O)Cl)ccc1Br. The van der Waals surface area contributed by atoms with Crippen molar-refractivity contribution in [2.45, 2.75) is 4.90 Å². The van der Waals surface area contributed by atoms with Crippen molar-refractivity contribution in [3.63, 3.8) is 0 Å². The summed E-state index contributed by atoms with van der Waals surface area (Å²) < 4.78 is 16.0. The predicted molar refractivity (Wildman–Crippen MR) is 57.7 cm³/mol. The van der Waals surface area contributed by atoms with Gasteiger partial charge in [0.05, 0.1) is 17.6 Å². The zero-order valence-corrected chi connectivity index (χ0v) is 10.3. The summed E-state index contributed by atoms with van der Waals surface area (Å²) >= 11 is 3.18. The molecule has 1 unspecified atom stereocenters. The van der Waals surface area contributed by atoms with Crippen LogP contribution in [0.25, 0.3) is 0 Å². The van der Waals surface area contributed by atoms with Crippen molar-refractivity contribution in [3.05, 3.63) is 28.2 Å². The van der Waals surface area contributed by atoms with E-state index < -0.39 is 16.0 Å². The summed E-state index contributed by atoms with van der Waals surface area (Å²) in [7, 11) is 5.03. The molecule has 0 spiro atoms. The van der Waals surface area contributed by atoms with E-state index in [1.54, 1.807) is 12.1 Å². The summed E-state index contributed by atoms with van der Waals surface area (Å²) in [5, 5.41) is 0. The van der Waals surface area contributed by atoms with Crippen LogP contribution in [0.1, 0.15) is 10.4 Å². The molecule has 1 aromatic carbocycles. The highest BCUT2D eigenvalue weighted by molar-refractivity contribution is 9.10. The number of methoxy groups -OCH3 is 1. The third kappa shape index (κ3) is 2.56. The Morgan fingerprint density at radius 3 is 2.71 bits per heavy atom. The maximum absolute atomic E-state index is 11.2. The second kappa shape index (κ2) is 4.91. The molecule has 0 radical (unpaired) electrons. The molecule has 0 N–H and O–H groups in total. The zero-order valence-electron chi connectivity index (χ0n) is 7.12. The van der Waals surface area contributed by atoms with Crippen LogP contribution in [0, 0.1) is 0 Å². The number of hydrogen-bond acceptors (Lipinski definition) is 3. The Kier molecular flexibility index (Phi) is 4.10. The summed E-state index contributed by atoms with van der Waals surface area (Å²) in [5.41, 5.74) is 0.305. The van der Waals surface area contributed by atoms with E-state index in [0.717, 1.165) is 0 Å². The van der Waals surface area contributed by atoms with Crippen molar-refractivity contribution in [1.29, 1.82) is 0 Å². The topological polar surface area (TPSA) is 43.4 Å². The summed E-state index contributed by atoms with van der Waals surface area (Å²) in [6.45, 7) is 0. The number of esters is 1. The van der Waals surface area contributed by atoms with Gasteiger partial charge in [0.15, 0.2) is 0 Å². The van der Waals surface area contributed by atoms with E-state index in [0.29, 0.717) is 14.9 Å². The van der Waals surface area contributed by atoms with E-state index in [2.05, 4.69) is 20.7 Å². The maximum atomic E-state index is 11.2. The normalized spacial score (nSPS) is 12.2. The van der Waals surface area contributed by atoms with Gasteiger partial charge in [-0.3, -0.25) is 0 Å². The second-order valence-corrected chi connectivity index (χ2v) is 4.97. The Balaban J connectivity index is 3.21. The minimum atomic E-state index is -1.62. The lowest BCUT2D eigenvalue weighted by Crippen LogP contribution is -2.02. The minimum absolute atomic E-state index is 0.305. The molecule has 0 aromatic heterocycles. The van der Waals surface area contributed by atoms with Crippen LogP contribution in [0.4, 0.5) is 0 Å². The van der Waals surface area contributed by atoms with E-state index >= 15 is 0 Å². The molecule has 0 saturated carbocycles. The number of rotatable bonds is 2. The summed E-state index contributed by atoms with van der Waals surface area (Å²) in [4.78, 5) is 11.6. The molecule has 0 aliphatic rings. The van der Waals surface area contributed by atoms with Crippen molar-refractivity contribution in [3.8, 4) is 0 Å². The van der Waals surface area contributed by atoms with E-state index in [9.17, 15) is 9.00 Å². The molecule has 0 bridgehead atoms. The molecule has 0 fully saturated rings. The molecular weight excluding hydrogens is 292 g/mol. The van der Waals surface area contributed by atoms with Crippen LogP contribution in [0.5, 0.6) is 0 Å². The van der Waals surface area contributed by atoms with Crippen LogP contribution in [0.15, 0.2) is 27.6 Å². The van der Waals surface area contributed by atoms with E-state index in [1.165, 1.54) is 13.2 Å². The number of carbonyl (C=O) groups is 1. The van der Waals surface area contributed by atoms with Crippen LogP contribution in [-0.4, -0.2) is 17.3 Å². The van der Waals surface area contributed by atoms with Gasteiger partial charge in [-0.05, 0) is 44.8 Å². The standard InChI is InChI=1S/C8H6BrClO3S/c1-13-8(11)6-4-5(14(10)12)2-3-7(6)9/h2-4H,1H3. The lowest BCUT2D eigenvalue weighted by Gasteiger charge is -2.03. The molecule has 3 nitrogen and oxygen atoms in total. The average molecular weight is 298 g/mol. The quantitative estimate of drug-likeness (QED) is 0.622. The van der Waals surface area contributed by atoms with Crippen LogP contribution >= 0.6 is 26.6 Å². The van der Waals surface area contributed by atoms with E-state index in [4.69, 9.17) is 10.7 Å². The molecule has 76 valence electrons. The number of hydrogen-bond donors (Lipinski definition) is 0. The van der Waals surface area contributed by atoms with Gasteiger partial charge in [-0.1, -0.05) is 0 Å². The van der Waals surface area contributed by atoms with Crippen LogP contribution in [0.3, 0.4) is 0 Å². The van der Waals surface area contributed by atoms with Crippen molar-refractivity contribution in [2.24, 2.45) is 0 Å². The van der Waals surface area contributed by atoms with Gasteiger partial charge in [-0.2, -0.15) is 0 Å². The Labute approximate surface area is 96.5 Å². The van der Waals surface area contributed by atoms with Gasteiger partial charge in [0, 0.05) is 4.47 Å². The van der Waals surface area contributed by atoms with Crippen molar-refractivity contribution < 1.29 is 13.7 Å². The van der Waals surface area contributed by atoms with Crippen LogP contribution < -0.4 is 0 Å². The first kappa shape index (κ1) is 11.7. The predicted octanol–water partition coefficient (Wildman–Crippen LogP) is 2.50.